The molecule has 19 heavy (non-hydrogen) atoms. The van der Waals surface area contributed by atoms with Gasteiger partial charge in [0, 0.05) is 6.04 Å². The van der Waals surface area contributed by atoms with E-state index in [2.05, 4.69) is 15.9 Å². The van der Waals surface area contributed by atoms with Crippen molar-refractivity contribution in [2.24, 2.45) is 5.73 Å². The van der Waals surface area contributed by atoms with E-state index < -0.39 is 30.2 Å². The molecule has 1 unspecified atom stereocenters. The zero-order valence-electron chi connectivity index (χ0n) is 9.79. The molecule has 0 fully saturated rings. The number of methoxy groups -OCH3 is 1. The van der Waals surface area contributed by atoms with Crippen LogP contribution in [0.5, 0.6) is 5.75 Å². The van der Waals surface area contributed by atoms with Crippen molar-refractivity contribution in [1.29, 1.82) is 0 Å². The fraction of sp³-hybridized carbons (Fsp3) is 0.364. The van der Waals surface area contributed by atoms with Crippen LogP contribution in [-0.2, 0) is 11.0 Å². The first-order valence-corrected chi connectivity index (χ1v) is 5.88. The molecule has 0 spiro atoms. The number of nitrogens with two attached hydrogens (primary N) is 1. The van der Waals surface area contributed by atoms with Gasteiger partial charge in [-0.1, -0.05) is 0 Å². The third kappa shape index (κ3) is 3.84. The highest BCUT2D eigenvalue weighted by Crippen LogP contribution is 2.40. The van der Waals surface area contributed by atoms with Gasteiger partial charge in [-0.05, 0) is 33.6 Å². The average Bonchev–Trinajstić information content (AvgIpc) is 2.26. The Bertz CT molecular complexity index is 491. The summed E-state index contributed by atoms with van der Waals surface area (Å²) >= 11 is 3.05. The number of carboxylic acids is 1. The fourth-order valence-corrected chi connectivity index (χ4v) is 2.10. The number of ether oxygens (including phenoxy) is 1. The molecule has 0 saturated heterocycles. The van der Waals surface area contributed by atoms with Gasteiger partial charge in [0.2, 0.25) is 0 Å². The van der Waals surface area contributed by atoms with Crippen molar-refractivity contribution in [1.82, 2.24) is 0 Å². The van der Waals surface area contributed by atoms with Gasteiger partial charge >= 0.3 is 12.1 Å². The first-order chi connectivity index (χ1) is 8.66. The number of hydrogen-bond acceptors (Lipinski definition) is 3. The smallest absolute Gasteiger partial charge is 0.416 e. The molecule has 1 atom stereocenters. The minimum Gasteiger partial charge on any atom is -0.496 e. The highest BCUT2D eigenvalue weighted by molar-refractivity contribution is 9.10. The average molecular weight is 342 g/mol. The first kappa shape index (κ1) is 15.8. The van der Waals surface area contributed by atoms with E-state index in [1.807, 2.05) is 0 Å². The third-order valence-corrected chi connectivity index (χ3v) is 3.04. The van der Waals surface area contributed by atoms with Crippen LogP contribution in [-0.4, -0.2) is 18.2 Å². The second kappa shape index (κ2) is 5.79. The van der Waals surface area contributed by atoms with Crippen LogP contribution >= 0.6 is 15.9 Å². The summed E-state index contributed by atoms with van der Waals surface area (Å²) in [5.41, 5.74) is 4.22. The summed E-state index contributed by atoms with van der Waals surface area (Å²) in [5, 5.41) is 8.61. The minimum absolute atomic E-state index is 0.00130. The molecule has 0 aliphatic heterocycles. The SMILES string of the molecule is COc1cc(C(F)(F)F)c(C(N)CC(=O)O)cc1Br. The van der Waals surface area contributed by atoms with Crippen molar-refractivity contribution in [2.75, 3.05) is 7.11 Å². The summed E-state index contributed by atoms with van der Waals surface area (Å²) in [6, 6.07) is 0.674. The Morgan fingerprint density at radius 1 is 1.53 bits per heavy atom. The standard InChI is InChI=1S/C11H11BrF3NO3/c1-19-9-3-6(11(13,14)15)5(2-7(9)12)8(16)4-10(17)18/h2-3,8H,4,16H2,1H3,(H,17,18). The molecule has 106 valence electrons. The number of benzene rings is 1. The molecule has 0 aliphatic carbocycles. The number of carboxylic acid groups (broad SMARTS) is 1. The molecule has 0 bridgehead atoms. The maximum atomic E-state index is 12.9. The Kier molecular flexibility index (Phi) is 4.81. The van der Waals surface area contributed by atoms with Crippen LogP contribution in [0.4, 0.5) is 13.2 Å². The Labute approximate surface area is 115 Å². The van der Waals surface area contributed by atoms with E-state index in [-0.39, 0.29) is 15.8 Å². The van der Waals surface area contributed by atoms with E-state index in [1.54, 1.807) is 0 Å². The van der Waals surface area contributed by atoms with E-state index in [0.29, 0.717) is 0 Å². The van der Waals surface area contributed by atoms with E-state index in [9.17, 15) is 18.0 Å². The molecule has 4 nitrogen and oxygen atoms in total. The number of aliphatic carboxylic acids is 1. The first-order valence-electron chi connectivity index (χ1n) is 5.08. The summed E-state index contributed by atoms with van der Waals surface area (Å²) in [5.74, 6) is -1.27. The number of halogens is 4. The lowest BCUT2D eigenvalue weighted by molar-refractivity contribution is -0.140. The maximum absolute atomic E-state index is 12.9. The molecule has 0 amide bonds. The second-order valence-corrected chi connectivity index (χ2v) is 4.63. The predicted molar refractivity (Wildman–Crippen MR) is 64.9 cm³/mol. The van der Waals surface area contributed by atoms with Crippen LogP contribution in [0.25, 0.3) is 0 Å². The molecule has 0 aromatic heterocycles. The van der Waals surface area contributed by atoms with E-state index in [1.165, 1.54) is 7.11 Å². The van der Waals surface area contributed by atoms with Crippen LogP contribution in [0.1, 0.15) is 23.6 Å². The van der Waals surface area contributed by atoms with Gasteiger partial charge in [-0.2, -0.15) is 13.2 Å². The van der Waals surface area contributed by atoms with Crippen molar-refractivity contribution in [3.63, 3.8) is 0 Å². The van der Waals surface area contributed by atoms with Crippen molar-refractivity contribution < 1.29 is 27.8 Å². The van der Waals surface area contributed by atoms with Crippen molar-refractivity contribution in [3.8, 4) is 5.75 Å². The quantitative estimate of drug-likeness (QED) is 0.883. The summed E-state index contributed by atoms with van der Waals surface area (Å²) in [4.78, 5) is 10.6. The lowest BCUT2D eigenvalue weighted by Gasteiger charge is -2.19. The van der Waals surface area contributed by atoms with Gasteiger partial charge in [-0.15, -0.1) is 0 Å². The van der Waals surface area contributed by atoms with Gasteiger partial charge in [-0.3, -0.25) is 4.79 Å². The lowest BCUT2D eigenvalue weighted by atomic mass is 9.98. The molecular weight excluding hydrogens is 331 g/mol. The van der Waals surface area contributed by atoms with Crippen molar-refractivity contribution in [3.05, 3.63) is 27.7 Å². The van der Waals surface area contributed by atoms with E-state index >= 15 is 0 Å². The van der Waals surface area contributed by atoms with Crippen LogP contribution in [0.2, 0.25) is 0 Å². The molecule has 1 aromatic carbocycles. The molecular formula is C11H11BrF3NO3. The maximum Gasteiger partial charge on any atom is 0.416 e. The molecule has 0 aliphatic rings. The summed E-state index contributed by atoms with van der Waals surface area (Å²) in [7, 11) is 1.23. The zero-order valence-corrected chi connectivity index (χ0v) is 11.4. The molecule has 1 rings (SSSR count). The van der Waals surface area contributed by atoms with Crippen molar-refractivity contribution >= 4 is 21.9 Å². The molecule has 0 saturated carbocycles. The normalized spacial score (nSPS) is 13.2. The predicted octanol–water partition coefficient (Wildman–Crippen LogP) is 2.95. The number of rotatable bonds is 4. The molecule has 0 radical (unpaired) electrons. The molecule has 3 N–H and O–H groups in total. The van der Waals surface area contributed by atoms with Crippen LogP contribution in [0, 0.1) is 0 Å². The highest BCUT2D eigenvalue weighted by atomic mass is 79.9. The Hall–Kier alpha value is -1.28. The van der Waals surface area contributed by atoms with Crippen LogP contribution < -0.4 is 10.5 Å². The topological polar surface area (TPSA) is 72.5 Å². The molecule has 1 aromatic rings. The van der Waals surface area contributed by atoms with Gasteiger partial charge in [0.05, 0.1) is 23.6 Å². The van der Waals surface area contributed by atoms with Gasteiger partial charge in [0.1, 0.15) is 5.75 Å². The van der Waals surface area contributed by atoms with Gasteiger partial charge < -0.3 is 15.6 Å². The number of alkyl halides is 3. The highest BCUT2D eigenvalue weighted by Gasteiger charge is 2.36. The number of hydrogen-bond donors (Lipinski definition) is 2. The van der Waals surface area contributed by atoms with Crippen LogP contribution in [0.3, 0.4) is 0 Å². The summed E-state index contributed by atoms with van der Waals surface area (Å²) in [6.07, 6.45) is -5.23. The van der Waals surface area contributed by atoms with Gasteiger partial charge in [-0.25, -0.2) is 0 Å². The minimum atomic E-state index is -4.64. The molecule has 0 heterocycles. The van der Waals surface area contributed by atoms with Gasteiger partial charge in [0.15, 0.2) is 0 Å². The summed E-state index contributed by atoms with van der Waals surface area (Å²) < 4.78 is 43.8. The second-order valence-electron chi connectivity index (χ2n) is 3.78. The van der Waals surface area contributed by atoms with Crippen molar-refractivity contribution in [2.45, 2.75) is 18.6 Å². The Morgan fingerprint density at radius 2 is 2.11 bits per heavy atom. The van der Waals surface area contributed by atoms with E-state index in [0.717, 1.165) is 12.1 Å². The molecule has 8 heteroatoms. The van der Waals surface area contributed by atoms with Crippen LogP contribution in [0.15, 0.2) is 16.6 Å². The summed E-state index contributed by atoms with van der Waals surface area (Å²) in [6.45, 7) is 0. The Morgan fingerprint density at radius 3 is 2.53 bits per heavy atom. The number of carbonyl (C=O) groups is 1. The fourth-order valence-electron chi connectivity index (χ4n) is 1.58. The zero-order chi connectivity index (χ0) is 14.8. The van der Waals surface area contributed by atoms with E-state index in [4.69, 9.17) is 15.6 Å². The van der Waals surface area contributed by atoms with Gasteiger partial charge in [0.25, 0.3) is 0 Å². The Balaban J connectivity index is 3.36. The monoisotopic (exact) mass is 341 g/mol. The third-order valence-electron chi connectivity index (χ3n) is 2.42. The lowest BCUT2D eigenvalue weighted by Crippen LogP contribution is -2.20. The largest absolute Gasteiger partial charge is 0.496 e.